The Labute approximate surface area is 342 Å². The van der Waals surface area contributed by atoms with E-state index in [-0.39, 0.29) is 11.8 Å². The number of aromatic nitrogens is 4. The largest absolute Gasteiger partial charge is 0.489 e. The van der Waals surface area contributed by atoms with Crippen LogP contribution < -0.4 is 9.47 Å². The predicted molar refractivity (Wildman–Crippen MR) is 242 cm³/mol. The molecule has 0 amide bonds. The number of benzene rings is 6. The van der Waals surface area contributed by atoms with Crippen molar-refractivity contribution in [2.24, 2.45) is 0 Å². The normalized spacial score (nSPS) is 11.7. The minimum absolute atomic E-state index is 0.125. The van der Waals surface area contributed by atoms with E-state index < -0.39 is 0 Å². The van der Waals surface area contributed by atoms with E-state index in [1.54, 1.807) is 12.2 Å². The number of aromatic amines is 4. The van der Waals surface area contributed by atoms with Crippen LogP contribution in [0.2, 0.25) is 0 Å². The number of rotatable bonds is 14. The summed E-state index contributed by atoms with van der Waals surface area (Å²) in [5.41, 5.74) is 13.7. The zero-order valence-electron chi connectivity index (χ0n) is 32.7. The summed E-state index contributed by atoms with van der Waals surface area (Å²) < 4.78 is 13.0. The van der Waals surface area contributed by atoms with Crippen LogP contribution in [0.3, 0.4) is 0 Å². The van der Waals surface area contributed by atoms with Gasteiger partial charge in [0.05, 0.1) is 0 Å². The van der Waals surface area contributed by atoms with Gasteiger partial charge in [0.2, 0.25) is 0 Å². The summed E-state index contributed by atoms with van der Waals surface area (Å²) in [7, 11) is 0. The second-order valence-electron chi connectivity index (χ2n) is 15.1. The first-order valence-corrected chi connectivity index (χ1v) is 20.2. The third-order valence-electron chi connectivity index (χ3n) is 11.6. The van der Waals surface area contributed by atoms with Crippen molar-refractivity contribution in [2.45, 2.75) is 18.3 Å². The topological polar surface area (TPSA) is 81.6 Å². The zero-order valence-corrected chi connectivity index (χ0v) is 32.7. The Morgan fingerprint density at radius 2 is 0.729 bits per heavy atom. The summed E-state index contributed by atoms with van der Waals surface area (Å²) in [6.45, 7) is 8.74. The Morgan fingerprint density at radius 3 is 1.05 bits per heavy atom. The maximum absolute atomic E-state index is 6.48. The second-order valence-corrected chi connectivity index (χ2v) is 15.1. The van der Waals surface area contributed by atoms with Crippen LogP contribution in [-0.4, -0.2) is 33.1 Å². The average molecular weight is 769 g/mol. The minimum atomic E-state index is -0.125. The number of H-pyrrole nitrogens is 4. The van der Waals surface area contributed by atoms with Crippen LogP contribution in [-0.2, 0) is 6.42 Å². The fourth-order valence-corrected chi connectivity index (χ4v) is 9.00. The summed E-state index contributed by atoms with van der Waals surface area (Å²) in [6.07, 6.45) is 12.9. The maximum atomic E-state index is 6.48. The molecule has 6 aromatic carbocycles. The SMILES string of the molecule is C=CCOc1ccc(Cc2ccc(OCC=C)c(C(c3c[nH]c4ccccc34)c3c[nH]c4ccccc34)c2)cc1C(c1c[nH]c2ccccc12)c1c[nH]c2ccccc12. The number of hydrogen-bond donors (Lipinski definition) is 4. The summed E-state index contributed by atoms with van der Waals surface area (Å²) in [4.78, 5) is 14.2. The Balaban J connectivity index is 1.13. The molecule has 59 heavy (non-hydrogen) atoms. The van der Waals surface area contributed by atoms with E-state index in [4.69, 9.17) is 9.47 Å². The van der Waals surface area contributed by atoms with Gasteiger partial charge in [0.25, 0.3) is 0 Å². The van der Waals surface area contributed by atoms with Gasteiger partial charge in [-0.3, -0.25) is 0 Å². The van der Waals surface area contributed by atoms with Crippen LogP contribution in [0, 0.1) is 0 Å². The van der Waals surface area contributed by atoms with Crippen molar-refractivity contribution in [3.8, 4) is 11.5 Å². The first-order chi connectivity index (χ1) is 29.2. The molecule has 288 valence electrons. The average Bonchev–Trinajstić information content (AvgIpc) is 4.10. The molecule has 0 aliphatic heterocycles. The molecule has 6 nitrogen and oxygen atoms in total. The predicted octanol–water partition coefficient (Wildman–Crippen LogP) is 12.7. The van der Waals surface area contributed by atoms with Crippen molar-refractivity contribution < 1.29 is 9.47 Å². The highest BCUT2D eigenvalue weighted by Gasteiger charge is 2.29. The summed E-state index contributed by atoms with van der Waals surface area (Å²) >= 11 is 0. The van der Waals surface area contributed by atoms with E-state index in [9.17, 15) is 0 Å². The Bertz CT molecular complexity index is 2760. The van der Waals surface area contributed by atoms with Gasteiger partial charge in [-0.05, 0) is 76.2 Å². The molecule has 4 N–H and O–H groups in total. The maximum Gasteiger partial charge on any atom is 0.123 e. The summed E-state index contributed by atoms with van der Waals surface area (Å²) in [5, 5.41) is 4.73. The fraction of sp³-hybridized carbons (Fsp3) is 0.0943. The smallest absolute Gasteiger partial charge is 0.123 e. The molecule has 4 heterocycles. The lowest BCUT2D eigenvalue weighted by Crippen LogP contribution is -2.08. The fourth-order valence-electron chi connectivity index (χ4n) is 9.00. The molecule has 10 rings (SSSR count). The summed E-state index contributed by atoms with van der Waals surface area (Å²) in [6, 6.07) is 47.4. The van der Waals surface area contributed by atoms with Crippen molar-refractivity contribution in [3.63, 3.8) is 0 Å². The molecule has 0 saturated carbocycles. The van der Waals surface area contributed by atoms with Crippen molar-refractivity contribution in [1.29, 1.82) is 0 Å². The number of para-hydroxylation sites is 4. The van der Waals surface area contributed by atoms with Crippen LogP contribution in [0.1, 0.15) is 56.3 Å². The number of fused-ring (bicyclic) bond motifs is 4. The van der Waals surface area contributed by atoms with Gasteiger partial charge in [0.15, 0.2) is 0 Å². The van der Waals surface area contributed by atoms with Gasteiger partial charge in [-0.15, -0.1) is 0 Å². The first kappa shape index (κ1) is 35.9. The first-order valence-electron chi connectivity index (χ1n) is 20.2. The molecule has 0 atom stereocenters. The lowest BCUT2D eigenvalue weighted by atomic mass is 9.82. The van der Waals surface area contributed by atoms with Crippen molar-refractivity contribution in [2.75, 3.05) is 13.2 Å². The Morgan fingerprint density at radius 1 is 0.407 bits per heavy atom. The highest BCUT2D eigenvalue weighted by molar-refractivity contribution is 5.91. The molecule has 0 radical (unpaired) electrons. The molecule has 0 fully saturated rings. The third kappa shape index (κ3) is 6.58. The molecule has 10 aromatic rings. The number of hydrogen-bond acceptors (Lipinski definition) is 2. The van der Waals surface area contributed by atoms with Crippen molar-refractivity contribution in [1.82, 2.24) is 19.9 Å². The van der Waals surface area contributed by atoms with Crippen molar-refractivity contribution in [3.05, 3.63) is 228 Å². The minimum Gasteiger partial charge on any atom is -0.489 e. The van der Waals surface area contributed by atoms with E-state index in [0.717, 1.165) is 44.7 Å². The standard InChI is InChI=1S/C53H44N4O2/c1-3-25-58-50-23-21-34(28-40(50)52(42-30-54-46-17-9-5-13-36(42)46)43-31-55-47-18-10-6-14-37(43)47)27-35-22-24-51(59-26-4-2)41(29-35)53(44-32-56-48-19-11-7-15-38(44)48)45-33-57-49-20-12-8-16-39(45)49/h3-24,28-33,52-57H,1-2,25-27H2. The highest BCUT2D eigenvalue weighted by atomic mass is 16.5. The Hall–Kier alpha value is -7.44. The van der Waals surface area contributed by atoms with Gasteiger partial charge in [-0.1, -0.05) is 122 Å². The van der Waals surface area contributed by atoms with Gasteiger partial charge in [0.1, 0.15) is 24.7 Å². The molecule has 0 aliphatic rings. The molecule has 6 heteroatoms. The molecular weight excluding hydrogens is 725 g/mol. The van der Waals surface area contributed by atoms with Crippen LogP contribution in [0.15, 0.2) is 184 Å². The molecule has 0 aliphatic carbocycles. The van der Waals surface area contributed by atoms with Gasteiger partial charge < -0.3 is 29.4 Å². The van der Waals surface area contributed by atoms with Crippen LogP contribution in [0.25, 0.3) is 43.6 Å². The monoisotopic (exact) mass is 768 g/mol. The van der Waals surface area contributed by atoms with Crippen LogP contribution >= 0.6 is 0 Å². The van der Waals surface area contributed by atoms with Gasteiger partial charge in [-0.2, -0.15) is 0 Å². The van der Waals surface area contributed by atoms with E-state index in [0.29, 0.717) is 19.6 Å². The molecular formula is C53H44N4O2. The lowest BCUT2D eigenvalue weighted by molar-refractivity contribution is 0.358. The molecule has 0 unspecified atom stereocenters. The zero-order chi connectivity index (χ0) is 39.7. The summed E-state index contributed by atoms with van der Waals surface area (Å²) in [5.74, 6) is 1.42. The highest BCUT2D eigenvalue weighted by Crippen LogP contribution is 2.45. The van der Waals surface area contributed by atoms with E-state index in [1.807, 2.05) is 0 Å². The van der Waals surface area contributed by atoms with E-state index in [2.05, 4.69) is 191 Å². The van der Waals surface area contributed by atoms with Gasteiger partial charge in [0, 0.05) is 91.4 Å². The van der Waals surface area contributed by atoms with Crippen LogP contribution in [0.5, 0.6) is 11.5 Å². The van der Waals surface area contributed by atoms with Gasteiger partial charge in [-0.25, -0.2) is 0 Å². The molecule has 0 bridgehead atoms. The number of ether oxygens (including phenoxy) is 2. The molecule has 4 aromatic heterocycles. The van der Waals surface area contributed by atoms with Crippen molar-refractivity contribution >= 4 is 43.6 Å². The molecule has 0 spiro atoms. The number of nitrogens with one attached hydrogen (secondary N) is 4. The second kappa shape index (κ2) is 15.5. The Kier molecular flexibility index (Phi) is 9.43. The quantitative estimate of drug-likeness (QED) is 0.0831. The van der Waals surface area contributed by atoms with E-state index >= 15 is 0 Å². The van der Waals surface area contributed by atoms with Crippen LogP contribution in [0.4, 0.5) is 0 Å². The lowest BCUT2D eigenvalue weighted by Gasteiger charge is -2.23. The van der Waals surface area contributed by atoms with Gasteiger partial charge >= 0.3 is 0 Å². The van der Waals surface area contributed by atoms with E-state index in [1.165, 1.54) is 54.9 Å². The third-order valence-corrected chi connectivity index (χ3v) is 11.6. The molecule has 0 saturated heterocycles.